The minimum Gasteiger partial charge on any atom is -0.489 e. The predicted octanol–water partition coefficient (Wildman–Crippen LogP) is 8.19. The summed E-state index contributed by atoms with van der Waals surface area (Å²) in [5, 5.41) is 1.96. The fraction of sp³-hybridized carbons (Fsp3) is 0.147. The van der Waals surface area contributed by atoms with Crippen molar-refractivity contribution in [2.45, 2.75) is 25.5 Å². The molecule has 4 heteroatoms. The smallest absolute Gasteiger partial charge is 0.264 e. The van der Waals surface area contributed by atoms with Crippen LogP contribution in [0.1, 0.15) is 44.3 Å². The van der Waals surface area contributed by atoms with Crippen LogP contribution in [0.15, 0.2) is 133 Å². The van der Waals surface area contributed by atoms with Gasteiger partial charge in [-0.05, 0) is 52.3 Å². The highest BCUT2D eigenvalue weighted by Gasteiger charge is 2.21. The summed E-state index contributed by atoms with van der Waals surface area (Å²) in [6.07, 6.45) is 0.829. The van der Waals surface area contributed by atoms with Gasteiger partial charge >= 0.3 is 0 Å². The van der Waals surface area contributed by atoms with Crippen LogP contribution in [0.2, 0.25) is 0 Å². The average molecular weight is 518 g/mol. The Bertz CT molecular complexity index is 1360. The summed E-state index contributed by atoms with van der Waals surface area (Å²) in [6, 6.07) is 43.2. The molecule has 190 valence electrons. The molecule has 5 rings (SSSR count). The lowest BCUT2D eigenvalue weighted by Gasteiger charge is -2.26. The highest BCUT2D eigenvalue weighted by Crippen LogP contribution is 2.29. The lowest BCUT2D eigenvalue weighted by atomic mass is 9.88. The van der Waals surface area contributed by atoms with Gasteiger partial charge in [-0.15, -0.1) is 11.3 Å². The maximum atomic E-state index is 13.6. The molecule has 0 radical (unpaired) electrons. The Balaban J connectivity index is 1.35. The van der Waals surface area contributed by atoms with Crippen molar-refractivity contribution in [2.75, 3.05) is 6.54 Å². The van der Waals surface area contributed by atoms with Crippen molar-refractivity contribution in [1.29, 1.82) is 0 Å². The molecule has 38 heavy (non-hydrogen) atoms. The molecule has 0 aliphatic carbocycles. The zero-order valence-electron chi connectivity index (χ0n) is 21.3. The molecule has 0 aliphatic rings. The van der Waals surface area contributed by atoms with E-state index in [0.717, 1.165) is 28.2 Å². The third kappa shape index (κ3) is 6.78. The molecule has 1 heterocycles. The second-order valence-corrected chi connectivity index (χ2v) is 10.2. The van der Waals surface area contributed by atoms with Gasteiger partial charge in [0.05, 0.1) is 4.88 Å². The second-order valence-electron chi connectivity index (χ2n) is 9.29. The number of thiophene rings is 1. The Morgan fingerprint density at radius 1 is 0.711 bits per heavy atom. The molecule has 0 bridgehead atoms. The zero-order valence-corrected chi connectivity index (χ0v) is 22.1. The second kappa shape index (κ2) is 12.9. The number of carbonyl (C=O) groups excluding carboxylic acids is 1. The van der Waals surface area contributed by atoms with E-state index in [0.29, 0.717) is 19.7 Å². The molecule has 0 N–H and O–H groups in total. The number of amides is 1. The van der Waals surface area contributed by atoms with E-state index in [1.165, 1.54) is 22.5 Å². The maximum absolute atomic E-state index is 13.6. The number of benzene rings is 4. The van der Waals surface area contributed by atoms with Gasteiger partial charge in [0.25, 0.3) is 5.91 Å². The van der Waals surface area contributed by atoms with Gasteiger partial charge in [-0.1, -0.05) is 109 Å². The molecule has 0 atom stereocenters. The van der Waals surface area contributed by atoms with E-state index in [2.05, 4.69) is 66.7 Å². The van der Waals surface area contributed by atoms with Gasteiger partial charge in [0, 0.05) is 19.0 Å². The molecule has 5 aromatic rings. The van der Waals surface area contributed by atoms with E-state index < -0.39 is 0 Å². The number of hydrogen-bond acceptors (Lipinski definition) is 3. The molecule has 1 amide bonds. The summed E-state index contributed by atoms with van der Waals surface area (Å²) in [6.45, 7) is 1.67. The molecule has 3 nitrogen and oxygen atoms in total. The summed E-state index contributed by atoms with van der Waals surface area (Å²) < 4.78 is 6.06. The van der Waals surface area contributed by atoms with E-state index in [4.69, 9.17) is 4.74 Å². The van der Waals surface area contributed by atoms with Crippen molar-refractivity contribution in [3.8, 4) is 5.75 Å². The SMILES string of the molecule is O=C(c1cccs1)N(CCC(c1ccccc1)c1ccccc1)Cc1cccc(OCc2ccccc2)c1. The van der Waals surface area contributed by atoms with E-state index in [9.17, 15) is 4.79 Å². The van der Waals surface area contributed by atoms with Crippen molar-refractivity contribution in [2.24, 2.45) is 0 Å². The molecule has 0 saturated heterocycles. The van der Waals surface area contributed by atoms with E-state index in [1.807, 2.05) is 70.9 Å². The summed E-state index contributed by atoms with van der Waals surface area (Å²) in [4.78, 5) is 16.3. The Labute approximate surface area is 229 Å². The summed E-state index contributed by atoms with van der Waals surface area (Å²) in [5.41, 5.74) is 4.70. The highest BCUT2D eigenvalue weighted by molar-refractivity contribution is 7.12. The van der Waals surface area contributed by atoms with E-state index in [1.54, 1.807) is 0 Å². The van der Waals surface area contributed by atoms with Crippen LogP contribution in [0.3, 0.4) is 0 Å². The van der Waals surface area contributed by atoms with Crippen LogP contribution in [0, 0.1) is 0 Å². The Morgan fingerprint density at radius 2 is 1.34 bits per heavy atom. The van der Waals surface area contributed by atoms with Gasteiger partial charge in [-0.3, -0.25) is 4.79 Å². The number of ether oxygens (including phenoxy) is 1. The van der Waals surface area contributed by atoms with Crippen molar-refractivity contribution in [3.05, 3.63) is 160 Å². The predicted molar refractivity (Wildman–Crippen MR) is 156 cm³/mol. The molecule has 0 saturated carbocycles. The molecule has 0 unspecified atom stereocenters. The van der Waals surface area contributed by atoms with Crippen molar-refractivity contribution < 1.29 is 9.53 Å². The quantitative estimate of drug-likeness (QED) is 0.177. The van der Waals surface area contributed by atoms with Crippen LogP contribution in [0.5, 0.6) is 5.75 Å². The number of hydrogen-bond donors (Lipinski definition) is 0. The molecule has 4 aromatic carbocycles. The standard InChI is InChI=1S/C34H31NO2S/c36-34(33-20-11-23-38-33)35(22-21-32(29-15-6-2-7-16-29)30-17-8-3-9-18-30)25-28-14-10-19-31(24-28)37-26-27-12-4-1-5-13-27/h1-20,23-24,32H,21-22,25-26H2. The highest BCUT2D eigenvalue weighted by atomic mass is 32.1. The van der Waals surface area contributed by atoms with Crippen molar-refractivity contribution in [1.82, 2.24) is 4.90 Å². The van der Waals surface area contributed by atoms with Crippen LogP contribution < -0.4 is 4.74 Å². The maximum Gasteiger partial charge on any atom is 0.264 e. The zero-order chi connectivity index (χ0) is 26.0. The first-order chi connectivity index (χ1) is 18.8. The molecule has 0 aliphatic heterocycles. The third-order valence-corrected chi connectivity index (χ3v) is 7.49. The van der Waals surface area contributed by atoms with Crippen LogP contribution in [0.25, 0.3) is 0 Å². The minimum atomic E-state index is 0.0653. The Morgan fingerprint density at radius 3 is 1.97 bits per heavy atom. The van der Waals surface area contributed by atoms with Gasteiger partial charge < -0.3 is 9.64 Å². The topological polar surface area (TPSA) is 29.5 Å². The average Bonchev–Trinajstić information content (AvgIpc) is 3.52. The fourth-order valence-electron chi connectivity index (χ4n) is 4.68. The van der Waals surface area contributed by atoms with Gasteiger partial charge in [-0.25, -0.2) is 0 Å². The molecular formula is C34H31NO2S. The largest absolute Gasteiger partial charge is 0.489 e. The summed E-state index contributed by atoms with van der Waals surface area (Å²) >= 11 is 1.49. The third-order valence-electron chi connectivity index (χ3n) is 6.63. The van der Waals surface area contributed by atoms with Crippen LogP contribution in [0.4, 0.5) is 0 Å². The lowest BCUT2D eigenvalue weighted by Crippen LogP contribution is -2.32. The monoisotopic (exact) mass is 517 g/mol. The lowest BCUT2D eigenvalue weighted by molar-refractivity contribution is 0.0744. The number of carbonyl (C=O) groups is 1. The first-order valence-corrected chi connectivity index (χ1v) is 13.8. The molecule has 0 fully saturated rings. The Kier molecular flexibility index (Phi) is 8.65. The first-order valence-electron chi connectivity index (χ1n) is 12.9. The van der Waals surface area contributed by atoms with Gasteiger partial charge in [0.15, 0.2) is 0 Å². The fourth-order valence-corrected chi connectivity index (χ4v) is 5.38. The summed E-state index contributed by atoms with van der Waals surface area (Å²) in [5.74, 6) is 1.08. The van der Waals surface area contributed by atoms with Crippen LogP contribution >= 0.6 is 11.3 Å². The number of rotatable bonds is 11. The molecule has 0 spiro atoms. The van der Waals surface area contributed by atoms with Gasteiger partial charge in [0.2, 0.25) is 0 Å². The van der Waals surface area contributed by atoms with E-state index in [-0.39, 0.29) is 11.8 Å². The minimum absolute atomic E-state index is 0.0653. The van der Waals surface area contributed by atoms with Gasteiger partial charge in [0.1, 0.15) is 12.4 Å². The van der Waals surface area contributed by atoms with Crippen molar-refractivity contribution in [3.63, 3.8) is 0 Å². The first kappa shape index (κ1) is 25.5. The van der Waals surface area contributed by atoms with Crippen LogP contribution in [-0.4, -0.2) is 17.4 Å². The normalized spacial score (nSPS) is 10.9. The van der Waals surface area contributed by atoms with Crippen LogP contribution in [-0.2, 0) is 13.2 Å². The van der Waals surface area contributed by atoms with Gasteiger partial charge in [-0.2, -0.15) is 0 Å². The molecule has 1 aromatic heterocycles. The molecular weight excluding hydrogens is 486 g/mol. The van der Waals surface area contributed by atoms with E-state index >= 15 is 0 Å². The van der Waals surface area contributed by atoms with Crippen molar-refractivity contribution >= 4 is 17.2 Å². The summed E-state index contributed by atoms with van der Waals surface area (Å²) in [7, 11) is 0. The Hall–Kier alpha value is -4.15. The number of nitrogens with zero attached hydrogens (tertiary/aromatic N) is 1.